The zero-order valence-electron chi connectivity index (χ0n) is 21.8. The highest BCUT2D eigenvalue weighted by Crippen LogP contribution is 2.06. The van der Waals surface area contributed by atoms with E-state index in [0.29, 0.717) is 18.6 Å². The van der Waals surface area contributed by atoms with E-state index >= 15 is 0 Å². The van der Waals surface area contributed by atoms with Crippen molar-refractivity contribution in [2.45, 2.75) is 69.3 Å². The number of aliphatic carboxylic acids is 1. The first-order chi connectivity index (χ1) is 17.8. The molecular formula is C21H42N10O6S. The summed E-state index contributed by atoms with van der Waals surface area (Å²) in [7, 11) is 0. The van der Waals surface area contributed by atoms with Gasteiger partial charge in [0.25, 0.3) is 0 Å². The van der Waals surface area contributed by atoms with E-state index in [1.807, 2.05) is 0 Å². The normalized spacial score (nSPS) is 14.6. The second kappa shape index (κ2) is 18.9. The van der Waals surface area contributed by atoms with Crippen LogP contribution in [0.4, 0.5) is 0 Å². The van der Waals surface area contributed by atoms with E-state index < -0.39 is 54.0 Å². The van der Waals surface area contributed by atoms with Crippen LogP contribution in [0.5, 0.6) is 0 Å². The molecule has 0 aliphatic heterocycles. The van der Waals surface area contributed by atoms with E-state index in [1.54, 1.807) is 6.26 Å². The van der Waals surface area contributed by atoms with Crippen LogP contribution < -0.4 is 44.6 Å². The van der Waals surface area contributed by atoms with Crippen molar-refractivity contribution in [1.82, 2.24) is 16.0 Å². The van der Waals surface area contributed by atoms with Gasteiger partial charge < -0.3 is 54.8 Å². The zero-order chi connectivity index (χ0) is 29.3. The molecule has 0 aliphatic rings. The minimum atomic E-state index is -1.41. The molecule has 0 heterocycles. The number of carboxylic acids is 1. The third kappa shape index (κ3) is 15.1. The Hall–Kier alpha value is -3.31. The molecule has 0 bridgehead atoms. The topological polar surface area (TPSA) is 300 Å². The van der Waals surface area contributed by atoms with E-state index in [9.17, 15) is 29.4 Å². The number of nitrogens with one attached hydrogen (secondary N) is 3. The molecule has 0 radical (unpaired) electrons. The fourth-order valence-electron chi connectivity index (χ4n) is 3.12. The Morgan fingerprint density at radius 2 is 1.34 bits per heavy atom. The molecule has 0 saturated heterocycles. The van der Waals surface area contributed by atoms with Crippen LogP contribution in [0.15, 0.2) is 9.98 Å². The highest BCUT2D eigenvalue weighted by atomic mass is 32.2. The van der Waals surface area contributed by atoms with E-state index in [4.69, 9.17) is 28.7 Å². The minimum Gasteiger partial charge on any atom is -0.480 e. The van der Waals surface area contributed by atoms with Crippen LogP contribution in [-0.2, 0) is 19.2 Å². The summed E-state index contributed by atoms with van der Waals surface area (Å²) >= 11 is 1.41. The van der Waals surface area contributed by atoms with Crippen LogP contribution >= 0.6 is 11.8 Å². The van der Waals surface area contributed by atoms with Crippen LogP contribution in [0.1, 0.15) is 39.0 Å². The van der Waals surface area contributed by atoms with Crippen LogP contribution in [0, 0.1) is 0 Å². The SMILES string of the molecule is CSCCC(NC(=O)C(NC(=O)C(N)CCCN=C(N)N)C(C)O)C(=O)NC(CCCN=C(N)N)C(=O)O. The van der Waals surface area contributed by atoms with Gasteiger partial charge in [-0.3, -0.25) is 24.4 Å². The number of aliphatic hydroxyl groups excluding tert-OH is 1. The van der Waals surface area contributed by atoms with Crippen molar-refractivity contribution in [3.05, 3.63) is 0 Å². The molecule has 0 spiro atoms. The van der Waals surface area contributed by atoms with Crippen molar-refractivity contribution in [1.29, 1.82) is 0 Å². The third-order valence-electron chi connectivity index (χ3n) is 5.17. The fraction of sp³-hybridized carbons (Fsp3) is 0.714. The largest absolute Gasteiger partial charge is 0.480 e. The number of guanidine groups is 2. The third-order valence-corrected chi connectivity index (χ3v) is 5.81. The first-order valence-electron chi connectivity index (χ1n) is 12.0. The standard InChI is InChI=1S/C21H42N10O6S/c1-11(32)15(31-16(33)12(22)5-3-8-27-20(23)24)18(35)29-13(7-10-38-2)17(34)30-14(19(36)37)6-4-9-28-21(25)26/h11-15,32H,3-10,22H2,1-2H3,(H,29,35)(H,30,34)(H,31,33)(H,36,37)(H4,23,24,27)(H4,25,26,28). The van der Waals surface area contributed by atoms with Gasteiger partial charge in [0, 0.05) is 13.1 Å². The summed E-state index contributed by atoms with van der Waals surface area (Å²) in [5.74, 6) is -3.27. The lowest BCUT2D eigenvalue weighted by Crippen LogP contribution is -2.59. The van der Waals surface area contributed by atoms with Crippen LogP contribution in [0.2, 0.25) is 0 Å². The predicted molar refractivity (Wildman–Crippen MR) is 146 cm³/mol. The Morgan fingerprint density at radius 1 is 0.816 bits per heavy atom. The first-order valence-corrected chi connectivity index (χ1v) is 13.4. The van der Waals surface area contributed by atoms with E-state index in [0.717, 1.165) is 0 Å². The van der Waals surface area contributed by atoms with Gasteiger partial charge in [0.2, 0.25) is 17.7 Å². The molecule has 0 fully saturated rings. The molecule has 5 unspecified atom stereocenters. The number of hydrogen-bond donors (Lipinski definition) is 10. The maximum Gasteiger partial charge on any atom is 0.326 e. The van der Waals surface area contributed by atoms with Gasteiger partial charge in [-0.2, -0.15) is 11.8 Å². The molecule has 0 rings (SSSR count). The quantitative estimate of drug-likeness (QED) is 0.0410. The number of amides is 3. The summed E-state index contributed by atoms with van der Waals surface area (Å²) in [6, 6.07) is -4.77. The van der Waals surface area contributed by atoms with Crippen LogP contribution in [-0.4, -0.2) is 101 Å². The highest BCUT2D eigenvalue weighted by Gasteiger charge is 2.32. The zero-order valence-corrected chi connectivity index (χ0v) is 22.6. The molecule has 5 atom stereocenters. The lowest BCUT2D eigenvalue weighted by atomic mass is 10.1. The Balaban J connectivity index is 5.29. The molecule has 0 aromatic carbocycles. The molecular weight excluding hydrogens is 520 g/mol. The van der Waals surface area contributed by atoms with E-state index in [-0.39, 0.29) is 44.3 Å². The number of nitrogens with zero attached hydrogens (tertiary/aromatic N) is 2. The summed E-state index contributed by atoms with van der Waals surface area (Å²) < 4.78 is 0. The Morgan fingerprint density at radius 3 is 1.82 bits per heavy atom. The number of carbonyl (C=O) groups excluding carboxylic acids is 3. The number of aliphatic hydroxyl groups is 1. The van der Waals surface area contributed by atoms with Crippen molar-refractivity contribution in [3.8, 4) is 0 Å². The molecule has 0 aromatic heterocycles. The summed E-state index contributed by atoms with van der Waals surface area (Å²) in [4.78, 5) is 57.5. The maximum atomic E-state index is 12.9. The number of carboxylic acid groups (broad SMARTS) is 1. The summed E-state index contributed by atoms with van der Waals surface area (Å²) in [5.41, 5.74) is 26.9. The van der Waals surface area contributed by atoms with E-state index in [2.05, 4.69) is 25.9 Å². The Labute approximate surface area is 226 Å². The summed E-state index contributed by atoms with van der Waals surface area (Å²) in [6.45, 7) is 1.74. The molecule has 15 N–H and O–H groups in total. The predicted octanol–water partition coefficient (Wildman–Crippen LogP) is -3.91. The number of aliphatic imine (C=N–C) groups is 2. The average Bonchev–Trinajstić information content (AvgIpc) is 2.83. The van der Waals surface area contributed by atoms with E-state index in [1.165, 1.54) is 18.7 Å². The second-order valence-electron chi connectivity index (χ2n) is 8.47. The number of carbonyl (C=O) groups is 4. The minimum absolute atomic E-state index is 0.0501. The molecule has 17 heteroatoms. The van der Waals surface area contributed by atoms with Gasteiger partial charge in [0.05, 0.1) is 12.1 Å². The maximum absolute atomic E-state index is 12.9. The lowest BCUT2D eigenvalue weighted by molar-refractivity contribution is -0.142. The number of nitrogens with two attached hydrogens (primary N) is 5. The van der Waals surface area contributed by atoms with Crippen molar-refractivity contribution in [2.24, 2.45) is 38.7 Å². The number of rotatable bonds is 19. The first kappa shape index (κ1) is 34.7. The van der Waals surface area contributed by atoms with Gasteiger partial charge in [-0.05, 0) is 51.0 Å². The van der Waals surface area contributed by atoms with Gasteiger partial charge in [0.15, 0.2) is 11.9 Å². The molecule has 0 saturated carbocycles. The molecule has 16 nitrogen and oxygen atoms in total. The number of thioether (sulfide) groups is 1. The molecule has 0 aliphatic carbocycles. The van der Waals surface area contributed by atoms with Gasteiger partial charge in [-0.1, -0.05) is 0 Å². The smallest absolute Gasteiger partial charge is 0.326 e. The Kier molecular flexibility index (Phi) is 17.2. The average molecular weight is 563 g/mol. The van der Waals surface area contributed by atoms with Crippen molar-refractivity contribution in [3.63, 3.8) is 0 Å². The fourth-order valence-corrected chi connectivity index (χ4v) is 3.59. The Bertz CT molecular complexity index is 833. The number of hydrogen-bond acceptors (Lipinski definition) is 9. The van der Waals surface area contributed by atoms with Crippen molar-refractivity contribution in [2.75, 3.05) is 25.1 Å². The summed E-state index contributed by atoms with van der Waals surface area (Å²) in [6.07, 6.45) is 1.62. The lowest BCUT2D eigenvalue weighted by Gasteiger charge is -2.26. The van der Waals surface area contributed by atoms with Crippen molar-refractivity contribution >= 4 is 47.4 Å². The van der Waals surface area contributed by atoms with Crippen LogP contribution in [0.3, 0.4) is 0 Å². The van der Waals surface area contributed by atoms with Crippen LogP contribution in [0.25, 0.3) is 0 Å². The van der Waals surface area contributed by atoms with Gasteiger partial charge in [-0.25, -0.2) is 4.79 Å². The molecule has 3 amide bonds. The highest BCUT2D eigenvalue weighted by molar-refractivity contribution is 7.98. The molecule has 38 heavy (non-hydrogen) atoms. The molecule has 0 aromatic rings. The van der Waals surface area contributed by atoms with Gasteiger partial charge in [-0.15, -0.1) is 0 Å². The monoisotopic (exact) mass is 562 g/mol. The second-order valence-corrected chi connectivity index (χ2v) is 9.46. The van der Waals surface area contributed by atoms with Gasteiger partial charge in [0.1, 0.15) is 18.1 Å². The van der Waals surface area contributed by atoms with Gasteiger partial charge >= 0.3 is 5.97 Å². The summed E-state index contributed by atoms with van der Waals surface area (Å²) in [5, 5.41) is 26.9. The van der Waals surface area contributed by atoms with Crippen molar-refractivity contribution < 1.29 is 29.4 Å². The molecule has 218 valence electrons.